The van der Waals surface area contributed by atoms with Gasteiger partial charge in [0.25, 0.3) is 0 Å². The Morgan fingerprint density at radius 3 is 2.33 bits per heavy atom. The summed E-state index contributed by atoms with van der Waals surface area (Å²) in [6.07, 6.45) is -4.45. The Bertz CT molecular complexity index is 1400. The van der Waals surface area contributed by atoms with Crippen LogP contribution in [0.5, 0.6) is 0 Å². The fourth-order valence-electron chi connectivity index (χ4n) is 3.87. The standard InChI is InChI=1S/C24H19ClFN5O5/c25-24-29-19(27)17-20(30-24)31(12-28-17)21-16(26)18(36-23(33)14-9-5-2-6-10-14)15(35-21)11-34-22(32)13-7-3-1-4-8-13/h1-10,12,15-16,18,21H,11H2,(H2,27,29,30). The number of nitrogen functional groups attached to an aromatic ring is 1. The number of benzene rings is 2. The largest absolute Gasteiger partial charge is 0.459 e. The molecule has 1 aliphatic heterocycles. The van der Waals surface area contributed by atoms with E-state index in [2.05, 4.69) is 15.0 Å². The quantitative estimate of drug-likeness (QED) is 0.305. The summed E-state index contributed by atoms with van der Waals surface area (Å²) >= 11 is 5.93. The average Bonchev–Trinajstić information content (AvgIpc) is 3.44. The molecule has 36 heavy (non-hydrogen) atoms. The zero-order chi connectivity index (χ0) is 25.2. The molecule has 0 aliphatic carbocycles. The molecule has 0 radical (unpaired) electrons. The van der Waals surface area contributed by atoms with Gasteiger partial charge >= 0.3 is 11.9 Å². The summed E-state index contributed by atoms with van der Waals surface area (Å²) in [6.45, 7) is -0.373. The lowest BCUT2D eigenvalue weighted by Gasteiger charge is -2.19. The highest BCUT2D eigenvalue weighted by molar-refractivity contribution is 6.28. The molecule has 0 bridgehead atoms. The Kier molecular flexibility index (Phi) is 6.49. The Morgan fingerprint density at radius 2 is 1.67 bits per heavy atom. The van der Waals surface area contributed by atoms with Crippen molar-refractivity contribution in [1.82, 2.24) is 19.5 Å². The highest BCUT2D eigenvalue weighted by Gasteiger charge is 2.50. The number of rotatable bonds is 6. The van der Waals surface area contributed by atoms with Crippen molar-refractivity contribution < 1.29 is 28.2 Å². The highest BCUT2D eigenvalue weighted by Crippen LogP contribution is 2.36. The van der Waals surface area contributed by atoms with Crippen molar-refractivity contribution in [2.45, 2.75) is 24.6 Å². The number of anilines is 1. The van der Waals surface area contributed by atoms with Gasteiger partial charge in [-0.05, 0) is 35.9 Å². The molecule has 12 heteroatoms. The molecular formula is C24H19ClFN5O5. The maximum atomic E-state index is 15.8. The number of fused-ring (bicyclic) bond motifs is 1. The lowest BCUT2D eigenvalue weighted by atomic mass is 10.1. The molecule has 4 aromatic rings. The number of imidazole rings is 1. The van der Waals surface area contributed by atoms with E-state index in [0.717, 1.165) is 0 Å². The number of alkyl halides is 1. The maximum absolute atomic E-state index is 15.8. The van der Waals surface area contributed by atoms with Crippen molar-refractivity contribution in [3.8, 4) is 0 Å². The maximum Gasteiger partial charge on any atom is 0.338 e. The molecule has 10 nitrogen and oxygen atoms in total. The molecule has 3 heterocycles. The second-order valence-electron chi connectivity index (χ2n) is 7.91. The van der Waals surface area contributed by atoms with Crippen LogP contribution in [0.15, 0.2) is 67.0 Å². The van der Waals surface area contributed by atoms with E-state index in [-0.39, 0.29) is 34.4 Å². The molecule has 1 aliphatic rings. The third-order valence-electron chi connectivity index (χ3n) is 5.60. The van der Waals surface area contributed by atoms with Gasteiger partial charge in [0.2, 0.25) is 5.28 Å². The number of esters is 2. The van der Waals surface area contributed by atoms with Gasteiger partial charge in [-0.1, -0.05) is 36.4 Å². The number of ether oxygens (including phenoxy) is 3. The van der Waals surface area contributed by atoms with Crippen LogP contribution in [-0.2, 0) is 14.2 Å². The average molecular weight is 512 g/mol. The first kappa shape index (κ1) is 23.6. The Balaban J connectivity index is 1.42. The van der Waals surface area contributed by atoms with Crippen LogP contribution in [0.4, 0.5) is 10.2 Å². The number of carbonyl (C=O) groups excluding carboxylic acids is 2. The SMILES string of the molecule is Nc1nc(Cl)nc2c1ncn2C1OC(COC(=O)c2ccccc2)C(OC(=O)c2ccccc2)C1F. The van der Waals surface area contributed by atoms with Gasteiger partial charge < -0.3 is 19.9 Å². The minimum Gasteiger partial charge on any atom is -0.459 e. The van der Waals surface area contributed by atoms with Crippen molar-refractivity contribution in [2.75, 3.05) is 12.3 Å². The zero-order valence-corrected chi connectivity index (χ0v) is 19.3. The van der Waals surface area contributed by atoms with E-state index < -0.39 is 36.5 Å². The molecule has 0 amide bonds. The fourth-order valence-corrected chi connectivity index (χ4v) is 4.04. The van der Waals surface area contributed by atoms with Gasteiger partial charge in [0.15, 0.2) is 30.0 Å². The van der Waals surface area contributed by atoms with E-state index in [1.54, 1.807) is 60.7 Å². The summed E-state index contributed by atoms with van der Waals surface area (Å²) in [5, 5.41) is -0.157. The van der Waals surface area contributed by atoms with Gasteiger partial charge in [-0.3, -0.25) is 4.57 Å². The first-order valence-electron chi connectivity index (χ1n) is 10.9. The molecule has 1 fully saturated rings. The van der Waals surface area contributed by atoms with E-state index in [0.29, 0.717) is 5.56 Å². The normalized spacial score (nSPS) is 21.4. The highest BCUT2D eigenvalue weighted by atomic mass is 35.5. The molecule has 5 rings (SSSR count). The summed E-state index contributed by atoms with van der Waals surface area (Å²) in [6, 6.07) is 16.4. The molecule has 0 spiro atoms. The minimum atomic E-state index is -1.87. The topological polar surface area (TPSA) is 131 Å². The predicted octanol–water partition coefficient (Wildman–Crippen LogP) is 3.38. The van der Waals surface area contributed by atoms with Gasteiger partial charge in [-0.25, -0.2) is 19.0 Å². The summed E-state index contributed by atoms with van der Waals surface area (Å²) in [7, 11) is 0. The third-order valence-corrected chi connectivity index (χ3v) is 5.77. The van der Waals surface area contributed by atoms with E-state index in [1.165, 1.54) is 10.9 Å². The molecule has 184 valence electrons. The molecule has 4 atom stereocenters. The van der Waals surface area contributed by atoms with Gasteiger partial charge in [-0.2, -0.15) is 9.97 Å². The van der Waals surface area contributed by atoms with Crippen molar-refractivity contribution in [1.29, 1.82) is 0 Å². The Hall–Kier alpha value is -4.09. The lowest BCUT2D eigenvalue weighted by Crippen LogP contribution is -2.37. The van der Waals surface area contributed by atoms with Crippen LogP contribution in [0.1, 0.15) is 26.9 Å². The van der Waals surface area contributed by atoms with Crippen molar-refractivity contribution in [3.05, 3.63) is 83.4 Å². The van der Waals surface area contributed by atoms with E-state index in [4.69, 9.17) is 31.5 Å². The Morgan fingerprint density at radius 1 is 1.03 bits per heavy atom. The second-order valence-corrected chi connectivity index (χ2v) is 8.25. The molecule has 2 aromatic heterocycles. The molecular weight excluding hydrogens is 493 g/mol. The predicted molar refractivity (Wildman–Crippen MR) is 126 cm³/mol. The number of halogens is 2. The van der Waals surface area contributed by atoms with Gasteiger partial charge in [-0.15, -0.1) is 0 Å². The molecule has 1 saturated heterocycles. The third kappa shape index (κ3) is 4.58. The zero-order valence-electron chi connectivity index (χ0n) is 18.5. The van der Waals surface area contributed by atoms with Crippen LogP contribution < -0.4 is 5.73 Å². The Labute approximate surface area is 208 Å². The van der Waals surface area contributed by atoms with Crippen LogP contribution in [0.2, 0.25) is 5.28 Å². The molecule has 0 saturated carbocycles. The van der Waals surface area contributed by atoms with Crippen molar-refractivity contribution in [2.24, 2.45) is 0 Å². The van der Waals surface area contributed by atoms with Crippen LogP contribution in [0, 0.1) is 0 Å². The van der Waals surface area contributed by atoms with Crippen LogP contribution in [-0.4, -0.2) is 56.4 Å². The van der Waals surface area contributed by atoms with E-state index in [1.807, 2.05) is 0 Å². The van der Waals surface area contributed by atoms with E-state index in [9.17, 15) is 9.59 Å². The smallest absolute Gasteiger partial charge is 0.338 e. The van der Waals surface area contributed by atoms with Gasteiger partial charge in [0.1, 0.15) is 18.2 Å². The number of aromatic nitrogens is 4. The van der Waals surface area contributed by atoms with Crippen LogP contribution in [0.3, 0.4) is 0 Å². The van der Waals surface area contributed by atoms with Crippen LogP contribution in [0.25, 0.3) is 11.2 Å². The summed E-state index contributed by atoms with van der Waals surface area (Å²) in [5.74, 6) is -1.37. The number of carbonyl (C=O) groups is 2. The summed E-state index contributed by atoms with van der Waals surface area (Å²) in [4.78, 5) is 37.2. The molecule has 2 N–H and O–H groups in total. The fraction of sp³-hybridized carbons (Fsp3) is 0.208. The number of nitrogens with two attached hydrogens (primary N) is 1. The number of nitrogens with zero attached hydrogens (tertiary/aromatic N) is 4. The summed E-state index contributed by atoms with van der Waals surface area (Å²) < 4.78 is 33.9. The monoisotopic (exact) mass is 511 g/mol. The number of hydrogen-bond acceptors (Lipinski definition) is 9. The van der Waals surface area contributed by atoms with Gasteiger partial charge in [0, 0.05) is 0 Å². The first-order chi connectivity index (χ1) is 17.4. The summed E-state index contributed by atoms with van der Waals surface area (Å²) in [5.41, 5.74) is 6.73. The van der Waals surface area contributed by atoms with Crippen molar-refractivity contribution >= 4 is 40.5 Å². The van der Waals surface area contributed by atoms with Crippen LogP contribution >= 0.6 is 11.6 Å². The lowest BCUT2D eigenvalue weighted by molar-refractivity contribution is -0.0570. The molecule has 2 aromatic carbocycles. The minimum absolute atomic E-state index is 0.0116. The second kappa shape index (κ2) is 9.88. The number of hydrogen-bond donors (Lipinski definition) is 1. The van der Waals surface area contributed by atoms with E-state index >= 15 is 4.39 Å². The molecule has 4 unspecified atom stereocenters. The first-order valence-corrected chi connectivity index (χ1v) is 11.2. The van der Waals surface area contributed by atoms with Gasteiger partial charge in [0.05, 0.1) is 17.5 Å². The van der Waals surface area contributed by atoms with Crippen molar-refractivity contribution in [3.63, 3.8) is 0 Å².